The molecule has 0 saturated carbocycles. The molecule has 3 aromatic carbocycles. The number of aldehydes is 1. The lowest BCUT2D eigenvalue weighted by Gasteiger charge is -2.29. The highest BCUT2D eigenvalue weighted by Crippen LogP contribution is 2.37. The fourth-order valence-electron chi connectivity index (χ4n) is 4.52. The largest absolute Gasteiger partial charge is 0.493 e. The van der Waals surface area contributed by atoms with Crippen molar-refractivity contribution in [1.29, 1.82) is 0 Å². The Kier molecular flexibility index (Phi) is 13.5. The van der Waals surface area contributed by atoms with Crippen molar-refractivity contribution in [2.75, 3.05) is 13.2 Å². The lowest BCUT2D eigenvalue weighted by molar-refractivity contribution is -0.139. The Labute approximate surface area is 251 Å². The average Bonchev–Trinajstić information content (AvgIpc) is 3.01. The molecule has 0 saturated heterocycles. The summed E-state index contributed by atoms with van der Waals surface area (Å²) in [6.07, 6.45) is -0.0882. The third kappa shape index (κ3) is 11.7. The smallest absolute Gasteiger partial charge is 0.419 e. The fraction of sp³-hybridized carbons (Fsp3) is 0.412. The first-order valence-electron chi connectivity index (χ1n) is 14.6. The third-order valence-corrected chi connectivity index (χ3v) is 6.98. The van der Waals surface area contributed by atoms with Gasteiger partial charge in [0.15, 0.2) is 0 Å². The zero-order valence-corrected chi connectivity index (χ0v) is 24.5. The highest BCUT2D eigenvalue weighted by atomic mass is 19.4. The molecule has 1 amide bonds. The summed E-state index contributed by atoms with van der Waals surface area (Å²) in [5.41, 5.74) is -0.432. The number of hydrogen-bond donors (Lipinski definition) is 1. The Morgan fingerprint density at radius 1 is 0.837 bits per heavy atom. The van der Waals surface area contributed by atoms with E-state index >= 15 is 0 Å². The van der Waals surface area contributed by atoms with Gasteiger partial charge in [0.05, 0.1) is 25.4 Å². The van der Waals surface area contributed by atoms with E-state index in [0.29, 0.717) is 18.3 Å². The number of rotatable bonds is 18. The van der Waals surface area contributed by atoms with E-state index in [1.54, 1.807) is 18.2 Å². The number of benzene rings is 3. The minimum absolute atomic E-state index is 0.0124. The average molecular weight is 600 g/mol. The molecule has 232 valence electrons. The molecule has 1 N–H and O–H groups in total. The molecule has 0 aliphatic carbocycles. The van der Waals surface area contributed by atoms with Crippen molar-refractivity contribution in [3.63, 3.8) is 0 Å². The second-order valence-corrected chi connectivity index (χ2v) is 10.5. The predicted octanol–water partition coefficient (Wildman–Crippen LogP) is 8.07. The summed E-state index contributed by atoms with van der Waals surface area (Å²) in [5.74, 6) is -0.220. The minimum Gasteiger partial charge on any atom is -0.493 e. The molecule has 1 atom stereocenters. The van der Waals surface area contributed by atoms with Crippen LogP contribution in [0.3, 0.4) is 0 Å². The Morgan fingerprint density at radius 2 is 1.49 bits per heavy atom. The topological polar surface area (TPSA) is 73.9 Å². The summed E-state index contributed by atoms with van der Waals surface area (Å²) in [4.78, 5) is 25.2. The van der Waals surface area contributed by atoms with Crippen molar-refractivity contribution in [3.05, 3.63) is 101 Å². The Bertz CT molecular complexity index is 1250. The monoisotopic (exact) mass is 599 g/mol. The third-order valence-electron chi connectivity index (χ3n) is 6.98. The van der Waals surface area contributed by atoms with E-state index < -0.39 is 23.4 Å². The number of ether oxygens (including phenoxy) is 3. The summed E-state index contributed by atoms with van der Waals surface area (Å²) in [7, 11) is 0. The Balaban J connectivity index is 1.70. The number of amides is 1. The number of alkyl carbamates (subject to hydrolysis) is 1. The van der Waals surface area contributed by atoms with Crippen LogP contribution in [-0.4, -0.2) is 31.1 Å². The zero-order valence-electron chi connectivity index (χ0n) is 24.5. The highest BCUT2D eigenvalue weighted by Gasteiger charge is 2.36. The minimum atomic E-state index is -4.62. The molecule has 0 heterocycles. The van der Waals surface area contributed by atoms with Crippen molar-refractivity contribution in [1.82, 2.24) is 5.32 Å². The number of aryl methyl sites for hydroxylation is 1. The Hall–Kier alpha value is -3.85. The number of hydrogen-bond acceptors (Lipinski definition) is 5. The van der Waals surface area contributed by atoms with Gasteiger partial charge in [-0.3, -0.25) is 0 Å². The van der Waals surface area contributed by atoms with Gasteiger partial charge in [-0.05, 0) is 48.1 Å². The van der Waals surface area contributed by atoms with Gasteiger partial charge >= 0.3 is 12.3 Å². The van der Waals surface area contributed by atoms with Gasteiger partial charge in [-0.15, -0.1) is 0 Å². The second-order valence-electron chi connectivity index (χ2n) is 10.5. The normalized spacial score (nSPS) is 12.7. The number of halogens is 3. The number of alkyl halides is 3. The molecule has 0 aliphatic rings. The molecule has 0 radical (unpaired) electrons. The van der Waals surface area contributed by atoms with Gasteiger partial charge in [0.2, 0.25) is 0 Å². The van der Waals surface area contributed by atoms with E-state index in [1.807, 2.05) is 48.5 Å². The maximum Gasteiger partial charge on any atom is 0.419 e. The molecule has 1 unspecified atom stereocenters. The van der Waals surface area contributed by atoms with Crippen LogP contribution < -0.4 is 10.1 Å². The summed E-state index contributed by atoms with van der Waals surface area (Å²) in [6, 6.07) is 22.2. The lowest BCUT2D eigenvalue weighted by Crippen LogP contribution is -2.53. The Morgan fingerprint density at radius 3 is 2.12 bits per heavy atom. The van der Waals surface area contributed by atoms with E-state index in [0.717, 1.165) is 42.9 Å². The van der Waals surface area contributed by atoms with E-state index in [2.05, 4.69) is 12.2 Å². The maximum atomic E-state index is 13.9. The van der Waals surface area contributed by atoms with Gasteiger partial charge in [-0.25, -0.2) is 4.79 Å². The van der Waals surface area contributed by atoms with Gasteiger partial charge in [0.25, 0.3) is 0 Å². The molecule has 0 spiro atoms. The fourth-order valence-corrected chi connectivity index (χ4v) is 4.52. The zero-order chi connectivity index (χ0) is 31.0. The quantitative estimate of drug-likeness (QED) is 0.118. The molecule has 0 aromatic heterocycles. The first-order valence-corrected chi connectivity index (χ1v) is 14.6. The van der Waals surface area contributed by atoms with Crippen LogP contribution in [0.4, 0.5) is 18.0 Å². The van der Waals surface area contributed by atoms with Crippen LogP contribution in [0.25, 0.3) is 0 Å². The number of carbonyl (C=O) groups excluding carboxylic acids is 2. The van der Waals surface area contributed by atoms with E-state index in [-0.39, 0.29) is 45.0 Å². The van der Waals surface area contributed by atoms with Crippen LogP contribution >= 0.6 is 0 Å². The summed E-state index contributed by atoms with van der Waals surface area (Å²) < 4.78 is 58.4. The van der Waals surface area contributed by atoms with E-state index in [4.69, 9.17) is 14.2 Å². The van der Waals surface area contributed by atoms with Crippen molar-refractivity contribution in [2.24, 2.45) is 0 Å². The SMILES string of the molecule is CCCCCCCOc1ccc(CCC(C=O)(COCc2ccccc2)NC(=O)OCc2ccccc2)cc1C(F)(F)F. The van der Waals surface area contributed by atoms with Crippen LogP contribution in [0.5, 0.6) is 5.75 Å². The van der Waals surface area contributed by atoms with Crippen molar-refractivity contribution >= 4 is 12.4 Å². The number of unbranched alkanes of at least 4 members (excludes halogenated alkanes) is 4. The maximum absolute atomic E-state index is 13.9. The predicted molar refractivity (Wildman–Crippen MR) is 159 cm³/mol. The molecule has 3 rings (SSSR count). The van der Waals surface area contributed by atoms with Crippen molar-refractivity contribution in [3.8, 4) is 5.75 Å². The number of nitrogens with one attached hydrogen (secondary N) is 1. The molecule has 9 heteroatoms. The number of carbonyl (C=O) groups is 2. The molecule has 6 nitrogen and oxygen atoms in total. The van der Waals surface area contributed by atoms with Crippen LogP contribution in [0.2, 0.25) is 0 Å². The molecule has 0 aliphatic heterocycles. The van der Waals surface area contributed by atoms with Crippen molar-refractivity contribution in [2.45, 2.75) is 76.8 Å². The molecule has 0 fully saturated rings. The van der Waals surface area contributed by atoms with Gasteiger partial charge in [0, 0.05) is 0 Å². The second kappa shape index (κ2) is 17.3. The molecule has 43 heavy (non-hydrogen) atoms. The van der Waals surface area contributed by atoms with Gasteiger partial charge < -0.3 is 24.3 Å². The first-order chi connectivity index (χ1) is 20.7. The highest BCUT2D eigenvalue weighted by molar-refractivity contribution is 5.76. The lowest BCUT2D eigenvalue weighted by atomic mass is 9.92. The van der Waals surface area contributed by atoms with Crippen LogP contribution in [0.1, 0.15) is 67.7 Å². The van der Waals surface area contributed by atoms with Gasteiger partial charge in [-0.1, -0.05) is 99.3 Å². The first kappa shape index (κ1) is 33.6. The summed E-state index contributed by atoms with van der Waals surface area (Å²) in [6.45, 7) is 2.27. The van der Waals surface area contributed by atoms with Gasteiger partial charge in [0.1, 0.15) is 24.2 Å². The standard InChI is InChI=1S/C34H40F3NO5/c1-2-3-4-5-12-21-42-31-18-17-27(22-30(31)34(35,36)37)19-20-33(25-39,26-41-23-28-13-8-6-9-14-28)38-32(40)43-24-29-15-10-7-11-16-29/h6-11,13-18,22,25H,2-5,12,19-21,23-24,26H2,1H3,(H,38,40). The van der Waals surface area contributed by atoms with Gasteiger partial charge in [-0.2, -0.15) is 13.2 Å². The van der Waals surface area contributed by atoms with Crippen molar-refractivity contribution < 1.29 is 37.0 Å². The van der Waals surface area contributed by atoms with Crippen LogP contribution in [-0.2, 0) is 40.1 Å². The van der Waals surface area contributed by atoms with Crippen LogP contribution in [0.15, 0.2) is 78.9 Å². The summed E-state index contributed by atoms with van der Waals surface area (Å²) >= 11 is 0. The van der Waals surface area contributed by atoms with Crippen LogP contribution in [0, 0.1) is 0 Å². The molecule has 0 bridgehead atoms. The molecular formula is C34H40F3NO5. The molecule has 3 aromatic rings. The summed E-state index contributed by atoms with van der Waals surface area (Å²) in [5, 5.41) is 2.61. The van der Waals surface area contributed by atoms with E-state index in [9.17, 15) is 22.8 Å². The van der Waals surface area contributed by atoms with E-state index in [1.165, 1.54) is 6.07 Å². The molecular weight excluding hydrogens is 559 g/mol.